The third-order valence-electron chi connectivity index (χ3n) is 2.33. The van der Waals surface area contributed by atoms with E-state index in [9.17, 15) is 5.11 Å². The van der Waals surface area contributed by atoms with Crippen molar-refractivity contribution in [2.45, 2.75) is 6.92 Å². The molecule has 0 atom stereocenters. The number of nitrogens with two attached hydrogens (primary N) is 1. The molecule has 4 heteroatoms. The SMILES string of the molecule is Cc1ccc(O)c(N=Nc2ccccc2N)c1. The van der Waals surface area contributed by atoms with Crippen molar-refractivity contribution >= 4 is 17.1 Å². The number of hydrogen-bond donors (Lipinski definition) is 2. The van der Waals surface area contributed by atoms with Gasteiger partial charge in [-0.3, -0.25) is 0 Å². The van der Waals surface area contributed by atoms with E-state index in [1.807, 2.05) is 25.1 Å². The number of nitrogen functional groups attached to an aromatic ring is 1. The fourth-order valence-electron chi connectivity index (χ4n) is 1.40. The molecule has 0 aliphatic heterocycles. The third-order valence-corrected chi connectivity index (χ3v) is 2.33. The molecule has 3 N–H and O–H groups in total. The van der Waals surface area contributed by atoms with Crippen LogP contribution in [-0.4, -0.2) is 5.11 Å². The number of phenols is 1. The van der Waals surface area contributed by atoms with Crippen LogP contribution in [0, 0.1) is 6.92 Å². The largest absolute Gasteiger partial charge is 0.506 e. The van der Waals surface area contributed by atoms with Crippen LogP contribution in [0.5, 0.6) is 5.75 Å². The summed E-state index contributed by atoms with van der Waals surface area (Å²) >= 11 is 0. The number of aromatic hydroxyl groups is 1. The van der Waals surface area contributed by atoms with Crippen molar-refractivity contribution in [3.8, 4) is 5.75 Å². The summed E-state index contributed by atoms with van der Waals surface area (Å²) in [7, 11) is 0. The van der Waals surface area contributed by atoms with Gasteiger partial charge in [-0.1, -0.05) is 18.2 Å². The van der Waals surface area contributed by atoms with Crippen LogP contribution < -0.4 is 5.73 Å². The van der Waals surface area contributed by atoms with Gasteiger partial charge < -0.3 is 10.8 Å². The molecule has 0 radical (unpaired) electrons. The van der Waals surface area contributed by atoms with E-state index in [1.165, 1.54) is 0 Å². The van der Waals surface area contributed by atoms with E-state index in [0.29, 0.717) is 17.1 Å². The summed E-state index contributed by atoms with van der Waals surface area (Å²) in [5, 5.41) is 17.6. The topological polar surface area (TPSA) is 71.0 Å². The zero-order valence-electron chi connectivity index (χ0n) is 9.46. The predicted molar refractivity (Wildman–Crippen MR) is 67.9 cm³/mol. The second kappa shape index (κ2) is 4.65. The van der Waals surface area contributed by atoms with Crippen molar-refractivity contribution in [3.05, 3.63) is 48.0 Å². The average molecular weight is 227 g/mol. The zero-order chi connectivity index (χ0) is 12.3. The maximum Gasteiger partial charge on any atom is 0.143 e. The zero-order valence-corrected chi connectivity index (χ0v) is 9.46. The second-order valence-electron chi connectivity index (χ2n) is 3.75. The van der Waals surface area contributed by atoms with Crippen LogP contribution >= 0.6 is 0 Å². The minimum Gasteiger partial charge on any atom is -0.506 e. The van der Waals surface area contributed by atoms with E-state index in [-0.39, 0.29) is 5.75 Å². The van der Waals surface area contributed by atoms with Gasteiger partial charge in [-0.15, -0.1) is 10.2 Å². The first-order valence-corrected chi connectivity index (χ1v) is 5.22. The molecule has 17 heavy (non-hydrogen) atoms. The Morgan fingerprint density at radius 1 is 1.00 bits per heavy atom. The summed E-state index contributed by atoms with van der Waals surface area (Å²) in [6, 6.07) is 12.4. The minimum atomic E-state index is 0.105. The Morgan fingerprint density at radius 2 is 1.71 bits per heavy atom. The summed E-state index contributed by atoms with van der Waals surface area (Å²) < 4.78 is 0. The van der Waals surface area contributed by atoms with E-state index in [2.05, 4.69) is 10.2 Å². The Bertz CT molecular complexity index is 564. The fraction of sp³-hybridized carbons (Fsp3) is 0.0769. The molecular formula is C13H13N3O. The first kappa shape index (κ1) is 11.1. The number of hydrogen-bond acceptors (Lipinski definition) is 4. The maximum absolute atomic E-state index is 9.60. The van der Waals surface area contributed by atoms with Crippen LogP contribution in [0.1, 0.15) is 5.56 Å². The van der Waals surface area contributed by atoms with E-state index in [0.717, 1.165) is 5.56 Å². The number of benzene rings is 2. The number of azo groups is 1. The Hall–Kier alpha value is -2.36. The molecule has 0 aromatic heterocycles. The molecule has 2 aromatic carbocycles. The highest BCUT2D eigenvalue weighted by Crippen LogP contribution is 2.30. The molecule has 0 unspecified atom stereocenters. The Kier molecular flexibility index (Phi) is 3.05. The standard InChI is InChI=1S/C13H13N3O/c1-9-6-7-13(17)12(8-9)16-15-11-5-3-2-4-10(11)14/h2-8,17H,14H2,1H3. The minimum absolute atomic E-state index is 0.105. The van der Waals surface area contributed by atoms with Crippen LogP contribution in [-0.2, 0) is 0 Å². The van der Waals surface area contributed by atoms with E-state index < -0.39 is 0 Å². The maximum atomic E-state index is 9.60. The Morgan fingerprint density at radius 3 is 2.47 bits per heavy atom. The van der Waals surface area contributed by atoms with Gasteiger partial charge in [0.05, 0.1) is 5.69 Å². The number of para-hydroxylation sites is 1. The number of nitrogens with zero attached hydrogens (tertiary/aromatic N) is 2. The lowest BCUT2D eigenvalue weighted by molar-refractivity contribution is 0.476. The monoisotopic (exact) mass is 227 g/mol. The van der Waals surface area contributed by atoms with Gasteiger partial charge >= 0.3 is 0 Å². The molecule has 86 valence electrons. The summed E-state index contributed by atoms with van der Waals surface area (Å²) in [5.74, 6) is 0.105. The molecule has 0 bridgehead atoms. The predicted octanol–water partition coefficient (Wildman–Crippen LogP) is 3.70. The van der Waals surface area contributed by atoms with Gasteiger partial charge in [0.2, 0.25) is 0 Å². The van der Waals surface area contributed by atoms with Gasteiger partial charge in [0, 0.05) is 0 Å². The van der Waals surface area contributed by atoms with Crippen molar-refractivity contribution in [1.29, 1.82) is 0 Å². The van der Waals surface area contributed by atoms with Gasteiger partial charge in [0.1, 0.15) is 17.1 Å². The average Bonchev–Trinajstić information content (AvgIpc) is 2.32. The third kappa shape index (κ3) is 2.60. The smallest absolute Gasteiger partial charge is 0.143 e. The molecule has 0 saturated carbocycles. The van der Waals surface area contributed by atoms with E-state index in [4.69, 9.17) is 5.73 Å². The van der Waals surface area contributed by atoms with Crippen molar-refractivity contribution in [3.63, 3.8) is 0 Å². The van der Waals surface area contributed by atoms with E-state index in [1.54, 1.807) is 24.3 Å². The molecule has 0 spiro atoms. The molecule has 0 aliphatic carbocycles. The summed E-state index contributed by atoms with van der Waals surface area (Å²) in [5.41, 5.74) is 8.34. The van der Waals surface area contributed by atoms with Crippen molar-refractivity contribution in [2.75, 3.05) is 5.73 Å². The molecule has 0 amide bonds. The molecule has 0 fully saturated rings. The molecular weight excluding hydrogens is 214 g/mol. The highest BCUT2D eigenvalue weighted by Gasteiger charge is 2.00. The first-order valence-electron chi connectivity index (χ1n) is 5.22. The Labute approximate surface area is 99.4 Å². The Balaban J connectivity index is 2.32. The lowest BCUT2D eigenvalue weighted by Crippen LogP contribution is -1.82. The van der Waals surface area contributed by atoms with E-state index >= 15 is 0 Å². The molecule has 4 nitrogen and oxygen atoms in total. The molecule has 0 aliphatic rings. The summed E-state index contributed by atoms with van der Waals surface area (Å²) in [6.07, 6.45) is 0. The lowest BCUT2D eigenvalue weighted by atomic mass is 10.2. The van der Waals surface area contributed by atoms with Crippen LogP contribution in [0.15, 0.2) is 52.7 Å². The lowest BCUT2D eigenvalue weighted by Gasteiger charge is -2.00. The number of rotatable bonds is 2. The fourth-order valence-corrected chi connectivity index (χ4v) is 1.40. The molecule has 2 rings (SSSR count). The van der Waals surface area contributed by atoms with Crippen molar-refractivity contribution in [2.24, 2.45) is 10.2 Å². The number of anilines is 1. The van der Waals surface area contributed by atoms with Gasteiger partial charge in [-0.2, -0.15) is 0 Å². The van der Waals surface area contributed by atoms with Crippen LogP contribution in [0.4, 0.5) is 17.1 Å². The van der Waals surface area contributed by atoms with Gasteiger partial charge in [0.25, 0.3) is 0 Å². The van der Waals surface area contributed by atoms with Gasteiger partial charge in [0.15, 0.2) is 0 Å². The van der Waals surface area contributed by atoms with Crippen LogP contribution in [0.3, 0.4) is 0 Å². The highest BCUT2D eigenvalue weighted by molar-refractivity contribution is 5.62. The summed E-state index contributed by atoms with van der Waals surface area (Å²) in [6.45, 7) is 1.93. The molecule has 0 heterocycles. The molecule has 2 aromatic rings. The highest BCUT2D eigenvalue weighted by atomic mass is 16.3. The molecule has 0 saturated heterocycles. The van der Waals surface area contributed by atoms with Crippen molar-refractivity contribution in [1.82, 2.24) is 0 Å². The van der Waals surface area contributed by atoms with Crippen LogP contribution in [0.25, 0.3) is 0 Å². The van der Waals surface area contributed by atoms with Crippen molar-refractivity contribution < 1.29 is 5.11 Å². The first-order chi connectivity index (χ1) is 8.16. The number of phenolic OH excluding ortho intramolecular Hbond substituents is 1. The summed E-state index contributed by atoms with van der Waals surface area (Å²) in [4.78, 5) is 0. The number of aryl methyl sites for hydroxylation is 1. The van der Waals surface area contributed by atoms with Crippen LogP contribution in [0.2, 0.25) is 0 Å². The quantitative estimate of drug-likeness (QED) is 0.606. The van der Waals surface area contributed by atoms with Gasteiger partial charge in [-0.25, -0.2) is 0 Å². The normalized spacial score (nSPS) is 10.9. The second-order valence-corrected chi connectivity index (χ2v) is 3.75. The van der Waals surface area contributed by atoms with Gasteiger partial charge in [-0.05, 0) is 36.8 Å².